The number of hydrogen-bond donors (Lipinski definition) is 3. The molecule has 0 aliphatic carbocycles. The summed E-state index contributed by atoms with van der Waals surface area (Å²) in [6, 6.07) is 12.9. The van der Waals surface area contributed by atoms with E-state index >= 15 is 0 Å². The number of primary amides is 1. The van der Waals surface area contributed by atoms with Crippen molar-refractivity contribution in [3.8, 4) is 17.4 Å². The summed E-state index contributed by atoms with van der Waals surface area (Å²) in [6.07, 6.45) is 6.64. The van der Waals surface area contributed by atoms with Gasteiger partial charge in [-0.3, -0.25) is 14.3 Å². The molecular weight excluding hydrogens is 448 g/mol. The standard InChI is InChI=1S/C21H22N4O3.CH4O3S/c1-27-19-12-16(13-24-11-8-15-6-9-23-10-7-15)2-4-18(19)28-20-5-3-17(14-25-20)21(22)26;1-5(2,3)4/h2-7,9-10,12,14,24H,8,11,13H2,1H3,(H2,22,26);1H3,(H,2,3,4). The van der Waals surface area contributed by atoms with Crippen molar-refractivity contribution in [1.29, 1.82) is 0 Å². The molecule has 33 heavy (non-hydrogen) atoms. The van der Waals surface area contributed by atoms with E-state index in [-0.39, 0.29) is 0 Å². The normalized spacial score (nSPS) is 10.6. The number of nitrogens with one attached hydrogen (secondary N) is 1. The highest BCUT2D eigenvalue weighted by Gasteiger charge is 2.09. The molecule has 10 nitrogen and oxygen atoms in total. The lowest BCUT2D eigenvalue weighted by molar-refractivity contribution is 0.1000. The van der Waals surface area contributed by atoms with Crippen molar-refractivity contribution in [2.75, 3.05) is 19.9 Å². The molecule has 0 saturated heterocycles. The zero-order valence-corrected chi connectivity index (χ0v) is 19.1. The van der Waals surface area contributed by atoms with Gasteiger partial charge in [0.2, 0.25) is 11.8 Å². The number of carbonyl (C=O) groups excluding carboxylic acids is 1. The molecule has 4 N–H and O–H groups in total. The summed E-state index contributed by atoms with van der Waals surface area (Å²) in [6.45, 7) is 1.58. The Morgan fingerprint density at radius 3 is 2.36 bits per heavy atom. The van der Waals surface area contributed by atoms with Gasteiger partial charge in [-0.25, -0.2) is 4.98 Å². The van der Waals surface area contributed by atoms with Crippen LogP contribution in [0, 0.1) is 0 Å². The Kier molecular flexibility index (Phi) is 9.73. The van der Waals surface area contributed by atoms with Crippen LogP contribution in [0.4, 0.5) is 0 Å². The largest absolute Gasteiger partial charge is 0.493 e. The third kappa shape index (κ3) is 10.1. The van der Waals surface area contributed by atoms with E-state index in [1.807, 2.05) is 30.3 Å². The quantitative estimate of drug-likeness (QED) is 0.313. The molecule has 1 amide bonds. The number of pyridine rings is 2. The minimum absolute atomic E-state index is 0.326. The second kappa shape index (κ2) is 12.5. The number of hydrogen-bond acceptors (Lipinski definition) is 8. The van der Waals surface area contributed by atoms with Gasteiger partial charge in [0.05, 0.1) is 18.9 Å². The highest BCUT2D eigenvalue weighted by molar-refractivity contribution is 7.85. The van der Waals surface area contributed by atoms with Gasteiger partial charge in [0.1, 0.15) is 0 Å². The molecule has 0 aliphatic rings. The molecular formula is C22H26N4O6S. The monoisotopic (exact) mass is 474 g/mol. The minimum atomic E-state index is -3.67. The van der Waals surface area contributed by atoms with Crippen molar-refractivity contribution in [2.45, 2.75) is 13.0 Å². The van der Waals surface area contributed by atoms with E-state index in [1.54, 1.807) is 31.6 Å². The highest BCUT2D eigenvalue weighted by atomic mass is 32.2. The molecule has 0 bridgehead atoms. The summed E-state index contributed by atoms with van der Waals surface area (Å²) in [4.78, 5) is 19.2. The summed E-state index contributed by atoms with van der Waals surface area (Å²) >= 11 is 0. The summed E-state index contributed by atoms with van der Waals surface area (Å²) in [5, 5.41) is 3.41. The molecule has 0 fully saturated rings. The fourth-order valence-electron chi connectivity index (χ4n) is 2.62. The average molecular weight is 475 g/mol. The molecule has 0 aliphatic heterocycles. The summed E-state index contributed by atoms with van der Waals surface area (Å²) in [5.41, 5.74) is 7.87. The molecule has 0 spiro atoms. The van der Waals surface area contributed by atoms with E-state index in [2.05, 4.69) is 15.3 Å². The van der Waals surface area contributed by atoms with Crippen LogP contribution in [0.1, 0.15) is 21.5 Å². The van der Waals surface area contributed by atoms with Crippen LogP contribution in [0.15, 0.2) is 61.1 Å². The Morgan fingerprint density at radius 1 is 1.09 bits per heavy atom. The average Bonchev–Trinajstić information content (AvgIpc) is 2.77. The van der Waals surface area contributed by atoms with Crippen LogP contribution >= 0.6 is 0 Å². The lowest BCUT2D eigenvalue weighted by Crippen LogP contribution is -2.16. The van der Waals surface area contributed by atoms with Gasteiger partial charge in [0.15, 0.2) is 11.5 Å². The predicted octanol–water partition coefficient (Wildman–Crippen LogP) is 2.21. The van der Waals surface area contributed by atoms with E-state index in [9.17, 15) is 13.2 Å². The van der Waals surface area contributed by atoms with E-state index < -0.39 is 16.0 Å². The number of rotatable bonds is 9. The molecule has 3 rings (SSSR count). The molecule has 0 unspecified atom stereocenters. The number of methoxy groups -OCH3 is 1. The Labute approximate surface area is 192 Å². The number of ether oxygens (including phenoxy) is 2. The summed E-state index contributed by atoms with van der Waals surface area (Å²) in [7, 11) is -2.08. The minimum Gasteiger partial charge on any atom is -0.493 e. The number of carbonyl (C=O) groups is 1. The van der Waals surface area contributed by atoms with Gasteiger partial charge in [-0.15, -0.1) is 0 Å². The van der Waals surface area contributed by atoms with Crippen LogP contribution < -0.4 is 20.5 Å². The van der Waals surface area contributed by atoms with Crippen LogP contribution in [0.2, 0.25) is 0 Å². The van der Waals surface area contributed by atoms with E-state index in [4.69, 9.17) is 19.8 Å². The van der Waals surface area contributed by atoms with Gasteiger partial charge in [0.25, 0.3) is 10.1 Å². The van der Waals surface area contributed by atoms with Gasteiger partial charge >= 0.3 is 0 Å². The summed E-state index contributed by atoms with van der Waals surface area (Å²) in [5.74, 6) is 0.973. The maximum absolute atomic E-state index is 11.1. The lowest BCUT2D eigenvalue weighted by atomic mass is 10.2. The molecule has 0 atom stereocenters. The van der Waals surface area contributed by atoms with Crippen LogP contribution in [0.3, 0.4) is 0 Å². The fraction of sp³-hybridized carbons (Fsp3) is 0.227. The van der Waals surface area contributed by atoms with Crippen LogP contribution in [-0.2, 0) is 23.1 Å². The van der Waals surface area contributed by atoms with Crippen molar-refractivity contribution in [3.63, 3.8) is 0 Å². The molecule has 0 radical (unpaired) electrons. The lowest BCUT2D eigenvalue weighted by Gasteiger charge is -2.12. The van der Waals surface area contributed by atoms with Gasteiger partial charge in [0, 0.05) is 31.2 Å². The Balaban J connectivity index is 0.000000696. The van der Waals surface area contributed by atoms with Crippen LogP contribution in [-0.4, -0.2) is 48.8 Å². The molecule has 2 aromatic heterocycles. The fourth-order valence-corrected chi connectivity index (χ4v) is 2.62. The number of nitrogens with zero attached hydrogens (tertiary/aromatic N) is 2. The van der Waals surface area contributed by atoms with Crippen molar-refractivity contribution >= 4 is 16.0 Å². The van der Waals surface area contributed by atoms with Crippen LogP contribution in [0.25, 0.3) is 0 Å². The van der Waals surface area contributed by atoms with E-state index in [0.29, 0.717) is 35.7 Å². The first-order valence-corrected chi connectivity index (χ1v) is 11.6. The van der Waals surface area contributed by atoms with Gasteiger partial charge in [-0.05, 0) is 54.4 Å². The molecule has 11 heteroatoms. The Bertz CT molecular complexity index is 1130. The maximum Gasteiger partial charge on any atom is 0.261 e. The third-order valence-corrected chi connectivity index (χ3v) is 4.13. The van der Waals surface area contributed by atoms with Crippen molar-refractivity contribution in [3.05, 3.63) is 77.7 Å². The second-order valence-corrected chi connectivity index (χ2v) is 8.32. The molecule has 176 valence electrons. The SMILES string of the molecule is COc1cc(CNCCc2ccncc2)ccc1Oc1ccc(C(N)=O)cn1.CS(=O)(=O)O. The highest BCUT2D eigenvalue weighted by Crippen LogP contribution is 2.31. The van der Waals surface area contributed by atoms with Crippen molar-refractivity contribution < 1.29 is 27.2 Å². The van der Waals surface area contributed by atoms with Crippen LogP contribution in [0.5, 0.6) is 17.4 Å². The van der Waals surface area contributed by atoms with Crippen molar-refractivity contribution in [1.82, 2.24) is 15.3 Å². The van der Waals surface area contributed by atoms with E-state index in [1.165, 1.54) is 11.8 Å². The molecule has 2 heterocycles. The molecule has 0 saturated carbocycles. The first kappa shape index (κ1) is 25.7. The number of aromatic nitrogens is 2. The smallest absolute Gasteiger partial charge is 0.261 e. The molecule has 1 aromatic carbocycles. The maximum atomic E-state index is 11.1. The molecule has 3 aromatic rings. The van der Waals surface area contributed by atoms with Gasteiger partial charge < -0.3 is 20.5 Å². The number of benzene rings is 1. The zero-order chi connectivity index (χ0) is 24.3. The second-order valence-electron chi connectivity index (χ2n) is 6.85. The number of nitrogens with two attached hydrogens (primary N) is 1. The van der Waals surface area contributed by atoms with Crippen molar-refractivity contribution in [2.24, 2.45) is 5.73 Å². The third-order valence-electron chi connectivity index (χ3n) is 4.13. The first-order chi connectivity index (χ1) is 15.7. The Hall–Kier alpha value is -3.54. The van der Waals surface area contributed by atoms with Gasteiger partial charge in [-0.1, -0.05) is 6.07 Å². The zero-order valence-electron chi connectivity index (χ0n) is 18.3. The summed E-state index contributed by atoms with van der Waals surface area (Å²) < 4.78 is 37.1. The number of amides is 1. The first-order valence-electron chi connectivity index (χ1n) is 9.78. The van der Waals surface area contributed by atoms with E-state index in [0.717, 1.165) is 18.5 Å². The Morgan fingerprint density at radius 2 is 1.79 bits per heavy atom. The predicted molar refractivity (Wildman–Crippen MR) is 123 cm³/mol. The van der Waals surface area contributed by atoms with Gasteiger partial charge in [-0.2, -0.15) is 8.42 Å². The topological polar surface area (TPSA) is 154 Å².